The van der Waals surface area contributed by atoms with E-state index in [1.165, 1.54) is 36.1 Å². The molecular weight excluding hydrogens is 552 g/mol. The van der Waals surface area contributed by atoms with Crippen molar-refractivity contribution in [3.05, 3.63) is 29.8 Å². The van der Waals surface area contributed by atoms with Crippen LogP contribution in [0.15, 0.2) is 24.3 Å². The maximum absolute atomic E-state index is 13.3. The summed E-state index contributed by atoms with van der Waals surface area (Å²) in [5.41, 5.74) is 11.5. The lowest BCUT2D eigenvalue weighted by Crippen LogP contribution is -2.60. The van der Waals surface area contributed by atoms with E-state index in [0.717, 1.165) is 0 Å². The lowest BCUT2D eigenvalue weighted by Gasteiger charge is -2.30. The maximum Gasteiger partial charge on any atom is 0.326 e. The molecular formula is C27H40N6O9. The zero-order chi connectivity index (χ0) is 31.7. The van der Waals surface area contributed by atoms with E-state index < -0.39 is 84.2 Å². The quantitative estimate of drug-likeness (QED) is 0.115. The fourth-order valence-electron chi connectivity index (χ4n) is 4.50. The first-order chi connectivity index (χ1) is 19.6. The normalized spacial score (nSPS) is 18.3. The molecule has 1 aliphatic heterocycles. The molecule has 42 heavy (non-hydrogen) atoms. The molecule has 0 spiro atoms. The third kappa shape index (κ3) is 9.41. The van der Waals surface area contributed by atoms with Gasteiger partial charge in [-0.15, -0.1) is 0 Å². The molecule has 0 aliphatic carbocycles. The number of carboxylic acids is 1. The fraction of sp³-hybridized carbons (Fsp3) is 0.556. The smallest absolute Gasteiger partial charge is 0.326 e. The highest BCUT2D eigenvalue weighted by Gasteiger charge is 2.39. The van der Waals surface area contributed by atoms with Crippen molar-refractivity contribution in [3.63, 3.8) is 0 Å². The number of hydrogen-bond acceptors (Lipinski definition) is 9. The van der Waals surface area contributed by atoms with Gasteiger partial charge in [-0.1, -0.05) is 26.0 Å². The fourth-order valence-corrected chi connectivity index (χ4v) is 4.50. The number of aliphatic carboxylic acids is 1. The molecule has 1 fully saturated rings. The number of carboxylic acid groups (broad SMARTS) is 1. The van der Waals surface area contributed by atoms with Gasteiger partial charge in [-0.2, -0.15) is 0 Å². The molecule has 0 saturated carbocycles. The Morgan fingerprint density at radius 3 is 2.10 bits per heavy atom. The summed E-state index contributed by atoms with van der Waals surface area (Å²) in [6.45, 7) is 4.86. The van der Waals surface area contributed by atoms with E-state index >= 15 is 0 Å². The highest BCUT2D eigenvalue weighted by atomic mass is 16.4. The molecule has 0 aromatic heterocycles. The maximum atomic E-state index is 13.3. The molecule has 232 valence electrons. The minimum absolute atomic E-state index is 0.0266. The molecule has 0 bridgehead atoms. The summed E-state index contributed by atoms with van der Waals surface area (Å²) >= 11 is 0. The molecule has 1 heterocycles. The lowest BCUT2D eigenvalue weighted by molar-refractivity contribution is -0.142. The van der Waals surface area contributed by atoms with E-state index in [-0.39, 0.29) is 18.7 Å². The first-order valence-corrected chi connectivity index (χ1v) is 13.6. The summed E-state index contributed by atoms with van der Waals surface area (Å²) < 4.78 is 0. The van der Waals surface area contributed by atoms with Crippen LogP contribution in [-0.2, 0) is 35.2 Å². The van der Waals surface area contributed by atoms with Gasteiger partial charge in [-0.05, 0) is 43.4 Å². The predicted molar refractivity (Wildman–Crippen MR) is 148 cm³/mol. The Bertz CT molecular complexity index is 1160. The third-order valence-corrected chi connectivity index (χ3v) is 6.92. The van der Waals surface area contributed by atoms with E-state index in [1.54, 1.807) is 13.8 Å². The van der Waals surface area contributed by atoms with Gasteiger partial charge in [0.25, 0.3) is 0 Å². The highest BCUT2D eigenvalue weighted by Crippen LogP contribution is 2.20. The van der Waals surface area contributed by atoms with E-state index in [2.05, 4.69) is 16.0 Å². The van der Waals surface area contributed by atoms with Crippen molar-refractivity contribution < 1.29 is 44.1 Å². The van der Waals surface area contributed by atoms with Gasteiger partial charge in [0.1, 0.15) is 36.0 Å². The van der Waals surface area contributed by atoms with Crippen molar-refractivity contribution in [2.45, 2.75) is 82.8 Å². The second-order valence-corrected chi connectivity index (χ2v) is 10.7. The average molecular weight is 593 g/mol. The van der Waals surface area contributed by atoms with Gasteiger partial charge in [-0.25, -0.2) is 4.79 Å². The number of aromatic hydroxyl groups is 1. The second kappa shape index (κ2) is 15.1. The van der Waals surface area contributed by atoms with E-state index in [0.29, 0.717) is 18.4 Å². The van der Waals surface area contributed by atoms with Crippen LogP contribution in [0, 0.1) is 5.92 Å². The van der Waals surface area contributed by atoms with Crippen LogP contribution in [0.4, 0.5) is 0 Å². The van der Waals surface area contributed by atoms with Gasteiger partial charge in [0, 0.05) is 13.0 Å². The number of rotatable bonds is 14. The molecule has 6 atom stereocenters. The molecule has 5 amide bonds. The molecule has 15 nitrogen and oxygen atoms in total. The molecule has 1 aromatic rings. The number of nitrogens with two attached hydrogens (primary N) is 2. The van der Waals surface area contributed by atoms with Crippen molar-refractivity contribution in [2.24, 2.45) is 17.4 Å². The van der Waals surface area contributed by atoms with Gasteiger partial charge in [0.15, 0.2) is 0 Å². The number of amides is 5. The Morgan fingerprint density at radius 1 is 0.976 bits per heavy atom. The topological polar surface area (TPSA) is 254 Å². The summed E-state index contributed by atoms with van der Waals surface area (Å²) in [5.74, 6) is -5.91. The van der Waals surface area contributed by atoms with Gasteiger partial charge in [-0.3, -0.25) is 24.0 Å². The number of carbonyl (C=O) groups excluding carboxylic acids is 5. The van der Waals surface area contributed by atoms with Gasteiger partial charge in [0.05, 0.1) is 12.5 Å². The van der Waals surface area contributed by atoms with Gasteiger partial charge in [0.2, 0.25) is 29.5 Å². The van der Waals surface area contributed by atoms with Crippen LogP contribution in [0.25, 0.3) is 0 Å². The van der Waals surface area contributed by atoms with Crippen LogP contribution < -0.4 is 27.4 Å². The molecule has 0 radical (unpaired) electrons. The van der Waals surface area contributed by atoms with E-state index in [9.17, 15) is 44.1 Å². The molecule has 1 saturated heterocycles. The summed E-state index contributed by atoms with van der Waals surface area (Å²) in [6.07, 6.45) is -1.13. The Hall–Kier alpha value is -4.24. The summed E-state index contributed by atoms with van der Waals surface area (Å²) in [5, 5.41) is 36.0. The van der Waals surface area contributed by atoms with Crippen LogP contribution in [-0.4, -0.2) is 98.6 Å². The van der Waals surface area contributed by atoms with Crippen LogP contribution in [0.3, 0.4) is 0 Å². The van der Waals surface area contributed by atoms with Crippen molar-refractivity contribution in [2.75, 3.05) is 6.54 Å². The number of nitrogens with zero attached hydrogens (tertiary/aromatic N) is 1. The Labute approximate surface area is 243 Å². The van der Waals surface area contributed by atoms with Crippen LogP contribution >= 0.6 is 0 Å². The molecule has 2 rings (SSSR count). The zero-order valence-corrected chi connectivity index (χ0v) is 23.8. The number of likely N-dealkylation sites (tertiary alicyclic amines) is 1. The van der Waals surface area contributed by atoms with Crippen LogP contribution in [0.2, 0.25) is 0 Å². The number of nitrogens with one attached hydrogen (secondary N) is 3. The molecule has 1 aliphatic rings. The standard InChI is InChI=1S/C27H40N6O9/c1-13(2)22(32-24(38)19-5-4-10-33(19)26(40)21(29)14(3)34)25(39)30-17(12-20(28)36)23(37)31-18(27(41)42)11-15-6-8-16(35)9-7-15/h6-9,13-14,17-19,21-22,34-35H,4-5,10-12,29H2,1-3H3,(H2,28,36)(H,30,39)(H,31,37)(H,32,38)(H,41,42)/t14-,17+,18+,19+,21+,22+/m1/s1. The summed E-state index contributed by atoms with van der Waals surface area (Å²) in [6, 6.07) is -0.672. The lowest BCUT2D eigenvalue weighted by atomic mass is 10.0. The number of aliphatic hydroxyl groups excluding tert-OH is 1. The largest absolute Gasteiger partial charge is 0.508 e. The van der Waals surface area contributed by atoms with Crippen LogP contribution in [0.5, 0.6) is 5.75 Å². The predicted octanol–water partition coefficient (Wildman–Crippen LogP) is -2.30. The Morgan fingerprint density at radius 2 is 1.57 bits per heavy atom. The van der Waals surface area contributed by atoms with Gasteiger partial charge >= 0.3 is 5.97 Å². The summed E-state index contributed by atoms with van der Waals surface area (Å²) in [4.78, 5) is 76.9. The Balaban J connectivity index is 2.16. The van der Waals surface area contributed by atoms with Crippen molar-refractivity contribution in [1.82, 2.24) is 20.9 Å². The molecule has 10 N–H and O–H groups in total. The van der Waals surface area contributed by atoms with Crippen molar-refractivity contribution in [3.8, 4) is 5.75 Å². The van der Waals surface area contributed by atoms with Crippen molar-refractivity contribution in [1.29, 1.82) is 0 Å². The molecule has 0 unspecified atom stereocenters. The zero-order valence-electron chi connectivity index (χ0n) is 23.8. The number of benzene rings is 1. The molecule has 15 heteroatoms. The van der Waals surface area contributed by atoms with E-state index in [1.807, 2.05) is 0 Å². The van der Waals surface area contributed by atoms with Gasteiger partial charge < -0.3 is 47.6 Å². The number of carbonyl (C=O) groups is 6. The first kappa shape index (κ1) is 34.0. The minimum Gasteiger partial charge on any atom is -0.508 e. The first-order valence-electron chi connectivity index (χ1n) is 13.6. The number of phenolic OH excluding ortho intramolecular Hbond substituents is 1. The third-order valence-electron chi connectivity index (χ3n) is 6.92. The Kier molecular flexibility index (Phi) is 12.2. The minimum atomic E-state index is -1.55. The number of aliphatic hydroxyl groups is 1. The second-order valence-electron chi connectivity index (χ2n) is 10.7. The van der Waals surface area contributed by atoms with Crippen molar-refractivity contribution >= 4 is 35.5 Å². The highest BCUT2D eigenvalue weighted by molar-refractivity contribution is 5.97. The number of primary amides is 1. The number of phenols is 1. The number of hydrogen-bond donors (Lipinski definition) is 8. The summed E-state index contributed by atoms with van der Waals surface area (Å²) in [7, 11) is 0. The molecule has 1 aromatic carbocycles. The average Bonchev–Trinajstić information content (AvgIpc) is 3.40. The van der Waals surface area contributed by atoms with E-state index in [4.69, 9.17) is 11.5 Å². The van der Waals surface area contributed by atoms with Crippen LogP contribution in [0.1, 0.15) is 45.6 Å². The SMILES string of the molecule is CC(C)[C@H](NC(=O)[C@@H]1CCCN1C(=O)[C@@H](N)[C@@H](C)O)C(=O)N[C@@H](CC(N)=O)C(=O)N[C@@H](Cc1ccc(O)cc1)C(=O)O. The monoisotopic (exact) mass is 592 g/mol.